The fraction of sp³-hybridized carbons (Fsp3) is 0.364. The van der Waals surface area contributed by atoms with Crippen molar-refractivity contribution in [1.82, 2.24) is 0 Å². The largest absolute Gasteiger partial charge is 0.481 e. The first kappa shape index (κ1) is 10.5. The lowest BCUT2D eigenvalue weighted by molar-refractivity contribution is -0.141. The first-order valence-electron chi connectivity index (χ1n) is 4.74. The van der Waals surface area contributed by atoms with E-state index >= 15 is 0 Å². The number of aliphatic carboxylic acids is 1. The minimum atomic E-state index is -0.755. The number of benzene rings is 1. The van der Waals surface area contributed by atoms with E-state index in [0.29, 0.717) is 5.75 Å². The molecule has 1 N–H and O–H groups in total. The monoisotopic (exact) mass is 226 g/mol. The van der Waals surface area contributed by atoms with Crippen LogP contribution in [0.5, 0.6) is 0 Å². The summed E-state index contributed by atoms with van der Waals surface area (Å²) in [5.41, 5.74) is 0.925. The van der Waals surface area contributed by atoms with Crippen molar-refractivity contribution in [3.63, 3.8) is 0 Å². The van der Waals surface area contributed by atoms with Gasteiger partial charge in [-0.1, -0.05) is 12.1 Å². The van der Waals surface area contributed by atoms with Crippen LogP contribution in [0.15, 0.2) is 24.3 Å². The van der Waals surface area contributed by atoms with Gasteiger partial charge in [0, 0.05) is 17.4 Å². The lowest BCUT2D eigenvalue weighted by Crippen LogP contribution is -2.20. The van der Waals surface area contributed by atoms with Crippen LogP contribution in [-0.4, -0.2) is 22.6 Å². The van der Waals surface area contributed by atoms with Gasteiger partial charge in [0.1, 0.15) is 5.82 Å². The Morgan fingerprint density at radius 3 is 2.60 bits per heavy atom. The topological polar surface area (TPSA) is 37.3 Å². The molecule has 1 saturated heterocycles. The lowest BCUT2D eigenvalue weighted by Gasteiger charge is -2.14. The normalized spacial score (nSPS) is 25.4. The van der Waals surface area contributed by atoms with Crippen LogP contribution in [0, 0.1) is 11.7 Å². The number of carboxylic acids is 1. The number of rotatable bonds is 2. The van der Waals surface area contributed by atoms with Crippen LogP contribution in [0.2, 0.25) is 0 Å². The van der Waals surface area contributed by atoms with Gasteiger partial charge in [-0.25, -0.2) is 4.39 Å². The molecule has 1 aliphatic rings. The summed E-state index contributed by atoms with van der Waals surface area (Å²) in [6.07, 6.45) is 0. The van der Waals surface area contributed by atoms with Crippen molar-refractivity contribution in [2.45, 2.75) is 5.92 Å². The minimum Gasteiger partial charge on any atom is -0.481 e. The number of halogens is 1. The number of hydrogen-bond donors (Lipinski definition) is 1. The molecule has 2 atom stereocenters. The third-order valence-electron chi connectivity index (χ3n) is 2.70. The molecule has 15 heavy (non-hydrogen) atoms. The highest BCUT2D eigenvalue weighted by Crippen LogP contribution is 2.37. The van der Waals surface area contributed by atoms with Gasteiger partial charge in [0.25, 0.3) is 0 Å². The Morgan fingerprint density at radius 1 is 1.33 bits per heavy atom. The molecule has 0 aliphatic carbocycles. The van der Waals surface area contributed by atoms with E-state index in [1.807, 2.05) is 0 Å². The zero-order chi connectivity index (χ0) is 10.8. The average molecular weight is 226 g/mol. The Hall–Kier alpha value is -1.03. The first-order chi connectivity index (χ1) is 7.18. The van der Waals surface area contributed by atoms with Crippen molar-refractivity contribution < 1.29 is 14.3 Å². The van der Waals surface area contributed by atoms with E-state index in [1.54, 1.807) is 23.9 Å². The van der Waals surface area contributed by atoms with E-state index in [1.165, 1.54) is 12.1 Å². The highest BCUT2D eigenvalue weighted by atomic mass is 32.2. The van der Waals surface area contributed by atoms with Crippen LogP contribution in [0.4, 0.5) is 4.39 Å². The van der Waals surface area contributed by atoms with Gasteiger partial charge in [-0.2, -0.15) is 11.8 Å². The van der Waals surface area contributed by atoms with Crippen molar-refractivity contribution in [2.75, 3.05) is 11.5 Å². The maximum atomic E-state index is 12.7. The molecule has 0 spiro atoms. The molecule has 0 amide bonds. The fourth-order valence-electron chi connectivity index (χ4n) is 1.84. The van der Waals surface area contributed by atoms with E-state index in [2.05, 4.69) is 0 Å². The smallest absolute Gasteiger partial charge is 0.307 e. The SMILES string of the molecule is O=C(O)C1CSCC1c1ccc(F)cc1. The molecule has 2 unspecified atom stereocenters. The second kappa shape index (κ2) is 4.23. The van der Waals surface area contributed by atoms with Gasteiger partial charge in [0.05, 0.1) is 5.92 Å². The van der Waals surface area contributed by atoms with Crippen molar-refractivity contribution in [1.29, 1.82) is 0 Å². The molecule has 0 radical (unpaired) electrons. The summed E-state index contributed by atoms with van der Waals surface area (Å²) in [6.45, 7) is 0. The maximum absolute atomic E-state index is 12.7. The predicted octanol–water partition coefficient (Wildman–Crippen LogP) is 2.36. The molecule has 1 fully saturated rings. The molecule has 2 rings (SSSR count). The zero-order valence-corrected chi connectivity index (χ0v) is 8.84. The van der Waals surface area contributed by atoms with Gasteiger partial charge >= 0.3 is 5.97 Å². The van der Waals surface area contributed by atoms with Crippen LogP contribution in [-0.2, 0) is 4.79 Å². The Bertz CT molecular complexity index is 363. The van der Waals surface area contributed by atoms with Crippen LogP contribution in [0.25, 0.3) is 0 Å². The van der Waals surface area contributed by atoms with Crippen LogP contribution < -0.4 is 0 Å². The third-order valence-corrected chi connectivity index (χ3v) is 3.89. The van der Waals surface area contributed by atoms with Crippen molar-refractivity contribution in [3.8, 4) is 0 Å². The van der Waals surface area contributed by atoms with Gasteiger partial charge in [-0.15, -0.1) is 0 Å². The summed E-state index contributed by atoms with van der Waals surface area (Å²) in [6, 6.07) is 6.14. The Morgan fingerprint density at radius 2 is 2.00 bits per heavy atom. The molecule has 80 valence electrons. The van der Waals surface area contributed by atoms with E-state index in [0.717, 1.165) is 11.3 Å². The summed E-state index contributed by atoms with van der Waals surface area (Å²) in [7, 11) is 0. The Balaban J connectivity index is 2.22. The minimum absolute atomic E-state index is 0.0214. The molecule has 1 aliphatic heterocycles. The second-order valence-electron chi connectivity index (χ2n) is 3.64. The van der Waals surface area contributed by atoms with Gasteiger partial charge in [-0.3, -0.25) is 4.79 Å². The van der Waals surface area contributed by atoms with Gasteiger partial charge in [0.2, 0.25) is 0 Å². The standard InChI is InChI=1S/C11H11FO2S/c12-8-3-1-7(2-4-8)9-5-15-6-10(9)11(13)14/h1-4,9-10H,5-6H2,(H,13,14). The Labute approximate surface area is 91.5 Å². The molecule has 0 saturated carbocycles. The van der Waals surface area contributed by atoms with Crippen LogP contribution in [0.3, 0.4) is 0 Å². The fourth-order valence-corrected chi connectivity index (χ4v) is 3.28. The maximum Gasteiger partial charge on any atom is 0.307 e. The number of hydrogen-bond acceptors (Lipinski definition) is 2. The van der Waals surface area contributed by atoms with Gasteiger partial charge in [-0.05, 0) is 17.7 Å². The van der Waals surface area contributed by atoms with Gasteiger partial charge in [0.15, 0.2) is 0 Å². The number of thioether (sulfide) groups is 1. The molecule has 0 bridgehead atoms. The summed E-state index contributed by atoms with van der Waals surface area (Å²) < 4.78 is 12.7. The summed E-state index contributed by atoms with van der Waals surface area (Å²) in [5.74, 6) is 0.110. The Kier molecular flexibility index (Phi) is 2.95. The second-order valence-corrected chi connectivity index (χ2v) is 4.72. The van der Waals surface area contributed by atoms with Crippen molar-refractivity contribution in [2.24, 2.45) is 5.92 Å². The van der Waals surface area contributed by atoms with E-state index < -0.39 is 5.97 Å². The predicted molar refractivity (Wildman–Crippen MR) is 57.6 cm³/mol. The molecular formula is C11H11FO2S. The molecular weight excluding hydrogens is 215 g/mol. The van der Waals surface area contributed by atoms with Gasteiger partial charge < -0.3 is 5.11 Å². The molecule has 1 aromatic rings. The summed E-state index contributed by atoms with van der Waals surface area (Å²) >= 11 is 1.64. The van der Waals surface area contributed by atoms with Crippen LogP contribution >= 0.6 is 11.8 Å². The zero-order valence-electron chi connectivity index (χ0n) is 8.02. The number of carbonyl (C=O) groups is 1. The summed E-state index contributed by atoms with van der Waals surface area (Å²) in [4.78, 5) is 11.0. The first-order valence-corrected chi connectivity index (χ1v) is 5.90. The van der Waals surface area contributed by atoms with Crippen LogP contribution in [0.1, 0.15) is 11.5 Å². The lowest BCUT2D eigenvalue weighted by atomic mass is 9.89. The molecule has 2 nitrogen and oxygen atoms in total. The van der Waals surface area contributed by atoms with E-state index in [9.17, 15) is 9.18 Å². The molecule has 1 aromatic carbocycles. The molecule has 4 heteroatoms. The molecule has 0 aromatic heterocycles. The van der Waals surface area contributed by atoms with E-state index in [-0.39, 0.29) is 17.7 Å². The third kappa shape index (κ3) is 2.15. The highest BCUT2D eigenvalue weighted by Gasteiger charge is 2.34. The quantitative estimate of drug-likeness (QED) is 0.841. The summed E-state index contributed by atoms with van der Waals surface area (Å²) in [5, 5.41) is 9.01. The highest BCUT2D eigenvalue weighted by molar-refractivity contribution is 7.99. The van der Waals surface area contributed by atoms with Crippen molar-refractivity contribution in [3.05, 3.63) is 35.6 Å². The molecule has 1 heterocycles. The van der Waals surface area contributed by atoms with E-state index in [4.69, 9.17) is 5.11 Å². The number of carboxylic acid groups (broad SMARTS) is 1. The average Bonchev–Trinajstić information content (AvgIpc) is 2.67. The van der Waals surface area contributed by atoms with Crippen molar-refractivity contribution >= 4 is 17.7 Å².